The lowest BCUT2D eigenvalue weighted by Gasteiger charge is -2.05. The van der Waals surface area contributed by atoms with Gasteiger partial charge in [0.1, 0.15) is 5.69 Å². The number of benzene rings is 1. The van der Waals surface area contributed by atoms with E-state index in [0.717, 1.165) is 0 Å². The molecule has 1 aromatic heterocycles. The minimum Gasteiger partial charge on any atom is -0.453 e. The number of carbonyl (C=O) groups is 3. The third-order valence-electron chi connectivity index (χ3n) is 2.88. The van der Waals surface area contributed by atoms with E-state index in [-0.39, 0.29) is 22.1 Å². The van der Waals surface area contributed by atoms with Gasteiger partial charge < -0.3 is 9.72 Å². The Morgan fingerprint density at radius 1 is 1.18 bits per heavy atom. The maximum absolute atomic E-state index is 12.0. The first kappa shape index (κ1) is 16.3. The average molecular weight is 340 g/mol. The molecule has 0 saturated heterocycles. The number of aromatic amines is 1. The Labute approximate surface area is 136 Å². The van der Waals surface area contributed by atoms with Gasteiger partial charge in [-0.25, -0.2) is 4.79 Å². The van der Waals surface area contributed by atoms with Crippen LogP contribution in [0.1, 0.15) is 38.1 Å². The van der Waals surface area contributed by atoms with Crippen molar-refractivity contribution in [3.63, 3.8) is 0 Å². The van der Waals surface area contributed by atoms with Crippen LogP contribution >= 0.6 is 23.2 Å². The Kier molecular flexibility index (Phi) is 5.00. The van der Waals surface area contributed by atoms with Gasteiger partial charge in [-0.1, -0.05) is 23.2 Å². The summed E-state index contributed by atoms with van der Waals surface area (Å²) in [7, 11) is 0. The van der Waals surface area contributed by atoms with Crippen LogP contribution in [0.2, 0.25) is 10.0 Å². The fourth-order valence-electron chi connectivity index (χ4n) is 1.72. The molecule has 0 aliphatic heterocycles. The van der Waals surface area contributed by atoms with E-state index < -0.39 is 18.4 Å². The predicted octanol–water partition coefficient (Wildman–Crippen LogP) is 3.56. The number of hydrogen-bond acceptors (Lipinski definition) is 4. The van der Waals surface area contributed by atoms with Crippen LogP contribution in [-0.2, 0) is 4.74 Å². The summed E-state index contributed by atoms with van der Waals surface area (Å²) in [6.45, 7) is 0.916. The molecule has 22 heavy (non-hydrogen) atoms. The Hall–Kier alpha value is -2.11. The summed E-state index contributed by atoms with van der Waals surface area (Å²) >= 11 is 11.6. The first-order valence-electron chi connectivity index (χ1n) is 6.23. The monoisotopic (exact) mass is 339 g/mol. The van der Waals surface area contributed by atoms with Crippen molar-refractivity contribution in [2.45, 2.75) is 6.92 Å². The summed E-state index contributed by atoms with van der Waals surface area (Å²) in [4.78, 5) is 37.5. The number of aromatic nitrogens is 1. The second-order valence-corrected chi connectivity index (χ2v) is 5.33. The smallest absolute Gasteiger partial charge is 0.355 e. The predicted molar refractivity (Wildman–Crippen MR) is 81.9 cm³/mol. The number of ether oxygens (including phenoxy) is 1. The van der Waals surface area contributed by atoms with E-state index in [2.05, 4.69) is 4.98 Å². The zero-order chi connectivity index (χ0) is 16.3. The van der Waals surface area contributed by atoms with Crippen LogP contribution < -0.4 is 0 Å². The highest BCUT2D eigenvalue weighted by atomic mass is 35.5. The van der Waals surface area contributed by atoms with Crippen LogP contribution in [0.4, 0.5) is 0 Å². The lowest BCUT2D eigenvalue weighted by molar-refractivity contribution is 0.0469. The van der Waals surface area contributed by atoms with E-state index in [1.54, 1.807) is 0 Å². The topological polar surface area (TPSA) is 76.2 Å². The number of rotatable bonds is 5. The van der Waals surface area contributed by atoms with Crippen molar-refractivity contribution >= 4 is 40.7 Å². The summed E-state index contributed by atoms with van der Waals surface area (Å²) in [6, 6.07) is 5.78. The van der Waals surface area contributed by atoms with E-state index in [0.29, 0.717) is 10.6 Å². The van der Waals surface area contributed by atoms with Crippen molar-refractivity contribution < 1.29 is 19.1 Å². The number of halogens is 2. The van der Waals surface area contributed by atoms with Crippen LogP contribution in [0.25, 0.3) is 0 Å². The zero-order valence-corrected chi connectivity index (χ0v) is 13.0. The summed E-state index contributed by atoms with van der Waals surface area (Å²) in [6.07, 6.45) is 1.40. The quantitative estimate of drug-likeness (QED) is 0.667. The van der Waals surface area contributed by atoms with Gasteiger partial charge in [0.15, 0.2) is 12.4 Å². The number of carbonyl (C=O) groups excluding carboxylic acids is 3. The molecule has 0 amide bonds. The standard InChI is InChI=1S/C15H11Cl2NO4/c1-8(19)9-4-13(18-6-9)15(21)22-7-14(20)11-3-2-10(16)5-12(11)17/h2-6,18H,7H2,1H3. The van der Waals surface area contributed by atoms with Gasteiger partial charge in [-0.15, -0.1) is 0 Å². The van der Waals surface area contributed by atoms with Gasteiger partial charge in [-0.3, -0.25) is 9.59 Å². The number of ketones is 2. The van der Waals surface area contributed by atoms with Crippen molar-refractivity contribution in [1.29, 1.82) is 0 Å². The maximum atomic E-state index is 12.0. The SMILES string of the molecule is CC(=O)c1c[nH]c(C(=O)OCC(=O)c2ccc(Cl)cc2Cl)c1. The van der Waals surface area contributed by atoms with E-state index in [1.807, 2.05) is 0 Å². The third-order valence-corrected chi connectivity index (χ3v) is 3.42. The van der Waals surface area contributed by atoms with E-state index >= 15 is 0 Å². The molecule has 0 bridgehead atoms. The van der Waals surface area contributed by atoms with Crippen LogP contribution in [-0.4, -0.2) is 29.1 Å². The molecule has 1 aromatic carbocycles. The summed E-state index contributed by atoms with van der Waals surface area (Å²) in [5, 5.41) is 0.592. The molecule has 0 aliphatic carbocycles. The van der Waals surface area contributed by atoms with E-state index in [1.165, 1.54) is 37.4 Å². The molecule has 5 nitrogen and oxygen atoms in total. The number of H-pyrrole nitrogens is 1. The molecule has 7 heteroatoms. The van der Waals surface area contributed by atoms with Crippen LogP contribution in [0.5, 0.6) is 0 Å². The zero-order valence-electron chi connectivity index (χ0n) is 11.5. The molecule has 0 saturated carbocycles. The molecule has 0 aliphatic rings. The van der Waals surface area contributed by atoms with Crippen LogP contribution in [0, 0.1) is 0 Å². The Morgan fingerprint density at radius 3 is 2.50 bits per heavy atom. The Balaban J connectivity index is 2.01. The van der Waals surface area contributed by atoms with Crippen molar-refractivity contribution in [2.24, 2.45) is 0 Å². The van der Waals surface area contributed by atoms with Gasteiger partial charge in [0.25, 0.3) is 0 Å². The van der Waals surface area contributed by atoms with Gasteiger partial charge in [-0.2, -0.15) is 0 Å². The fourth-order valence-corrected chi connectivity index (χ4v) is 2.23. The highest BCUT2D eigenvalue weighted by molar-refractivity contribution is 6.36. The van der Waals surface area contributed by atoms with Crippen LogP contribution in [0.3, 0.4) is 0 Å². The highest BCUT2D eigenvalue weighted by Crippen LogP contribution is 2.21. The first-order valence-corrected chi connectivity index (χ1v) is 6.99. The summed E-state index contributed by atoms with van der Waals surface area (Å²) in [5.41, 5.74) is 0.675. The molecular weight excluding hydrogens is 329 g/mol. The first-order chi connectivity index (χ1) is 10.4. The number of Topliss-reactive ketones (excluding diaryl/α,β-unsaturated/α-hetero) is 2. The van der Waals surface area contributed by atoms with Crippen molar-refractivity contribution in [2.75, 3.05) is 6.61 Å². The molecular formula is C15H11Cl2NO4. The minimum absolute atomic E-state index is 0.0974. The van der Waals surface area contributed by atoms with Gasteiger partial charge in [0.2, 0.25) is 5.78 Å². The molecule has 0 atom stereocenters. The van der Waals surface area contributed by atoms with Crippen LogP contribution in [0.15, 0.2) is 30.5 Å². The Bertz CT molecular complexity index is 752. The van der Waals surface area contributed by atoms with E-state index in [4.69, 9.17) is 27.9 Å². The second kappa shape index (κ2) is 6.77. The molecule has 0 spiro atoms. The molecule has 0 unspecified atom stereocenters. The number of nitrogens with one attached hydrogen (secondary N) is 1. The van der Waals surface area contributed by atoms with E-state index in [9.17, 15) is 14.4 Å². The van der Waals surface area contributed by atoms with Crippen molar-refractivity contribution in [3.05, 3.63) is 57.3 Å². The molecule has 1 heterocycles. The summed E-state index contributed by atoms with van der Waals surface area (Å²) < 4.78 is 4.90. The normalized spacial score (nSPS) is 10.3. The third kappa shape index (κ3) is 3.75. The molecule has 114 valence electrons. The lowest BCUT2D eigenvalue weighted by Crippen LogP contribution is -2.14. The average Bonchev–Trinajstić information content (AvgIpc) is 2.94. The molecule has 0 radical (unpaired) electrons. The number of hydrogen-bond donors (Lipinski definition) is 1. The maximum Gasteiger partial charge on any atom is 0.355 e. The molecule has 0 fully saturated rings. The Morgan fingerprint density at radius 2 is 1.91 bits per heavy atom. The summed E-state index contributed by atoms with van der Waals surface area (Å²) in [5.74, 6) is -1.36. The lowest BCUT2D eigenvalue weighted by atomic mass is 10.1. The number of esters is 1. The van der Waals surface area contributed by atoms with Crippen molar-refractivity contribution in [1.82, 2.24) is 4.98 Å². The van der Waals surface area contributed by atoms with Gasteiger partial charge in [-0.05, 0) is 31.2 Å². The molecule has 2 aromatic rings. The molecule has 2 rings (SSSR count). The highest BCUT2D eigenvalue weighted by Gasteiger charge is 2.16. The van der Waals surface area contributed by atoms with Gasteiger partial charge in [0.05, 0.1) is 5.02 Å². The van der Waals surface area contributed by atoms with Gasteiger partial charge in [0, 0.05) is 22.3 Å². The molecule has 1 N–H and O–H groups in total. The minimum atomic E-state index is -0.731. The van der Waals surface area contributed by atoms with Gasteiger partial charge >= 0.3 is 5.97 Å². The van der Waals surface area contributed by atoms with Crippen molar-refractivity contribution in [3.8, 4) is 0 Å². The fraction of sp³-hybridized carbons (Fsp3) is 0.133. The second-order valence-electron chi connectivity index (χ2n) is 4.48. The largest absolute Gasteiger partial charge is 0.453 e.